The van der Waals surface area contributed by atoms with Gasteiger partial charge in [-0.25, -0.2) is 0 Å². The van der Waals surface area contributed by atoms with Gasteiger partial charge in [0.2, 0.25) is 5.91 Å². The zero-order valence-electron chi connectivity index (χ0n) is 17.5. The Kier molecular flexibility index (Phi) is 8.23. The summed E-state index contributed by atoms with van der Waals surface area (Å²) in [7, 11) is 0. The molecule has 0 aliphatic rings. The highest BCUT2D eigenvalue weighted by atomic mass is 16.3. The molecule has 1 unspecified atom stereocenters. The third-order valence-corrected chi connectivity index (χ3v) is 5.07. The Balaban J connectivity index is 1.55. The molecule has 3 aromatic rings. The first-order valence-electron chi connectivity index (χ1n) is 10.6. The number of carbonyl (C=O) groups excluding carboxylic acids is 2. The van der Waals surface area contributed by atoms with Crippen LogP contribution in [-0.4, -0.2) is 29.5 Å². The maximum absolute atomic E-state index is 12.8. The standard InChI is InChI=1S/C26H28N2O3/c29-23-16-14-21(15-17-23)19-24(28-25(30)22-12-5-2-6-13-22)26(31)27-18-8-7-11-20-9-3-1-4-10-20/h1-6,9-10,12-17,24,29H,7-8,11,18-19H2,(H,27,31)(H,28,30). The van der Waals surface area contributed by atoms with Crippen LogP contribution in [0, 0.1) is 0 Å². The lowest BCUT2D eigenvalue weighted by molar-refractivity contribution is -0.122. The van der Waals surface area contributed by atoms with Crippen molar-refractivity contribution in [2.45, 2.75) is 31.7 Å². The number of phenolic OH excluding ortho intramolecular Hbond substituents is 1. The van der Waals surface area contributed by atoms with E-state index in [4.69, 9.17) is 0 Å². The lowest BCUT2D eigenvalue weighted by atomic mass is 10.0. The van der Waals surface area contributed by atoms with Crippen LogP contribution in [0.1, 0.15) is 34.3 Å². The van der Waals surface area contributed by atoms with Gasteiger partial charge in [-0.1, -0.05) is 60.7 Å². The Labute approximate surface area is 183 Å². The molecule has 31 heavy (non-hydrogen) atoms. The predicted molar refractivity (Wildman–Crippen MR) is 122 cm³/mol. The van der Waals surface area contributed by atoms with Crippen molar-refractivity contribution in [2.24, 2.45) is 0 Å². The van der Waals surface area contributed by atoms with E-state index < -0.39 is 6.04 Å². The van der Waals surface area contributed by atoms with E-state index in [-0.39, 0.29) is 17.6 Å². The summed E-state index contributed by atoms with van der Waals surface area (Å²) in [5.41, 5.74) is 2.65. The molecule has 0 spiro atoms. The average Bonchev–Trinajstić information content (AvgIpc) is 2.81. The summed E-state index contributed by atoms with van der Waals surface area (Å²) in [6, 6.07) is 25.1. The normalized spacial score (nSPS) is 11.5. The Bertz CT molecular complexity index is 957. The molecular weight excluding hydrogens is 388 g/mol. The second-order valence-electron chi connectivity index (χ2n) is 7.50. The number of hydrogen-bond acceptors (Lipinski definition) is 3. The fourth-order valence-electron chi connectivity index (χ4n) is 3.34. The van der Waals surface area contributed by atoms with Gasteiger partial charge < -0.3 is 15.7 Å². The van der Waals surface area contributed by atoms with Crippen LogP contribution in [0.15, 0.2) is 84.9 Å². The summed E-state index contributed by atoms with van der Waals surface area (Å²) in [4.78, 5) is 25.4. The van der Waals surface area contributed by atoms with E-state index in [0.717, 1.165) is 24.8 Å². The minimum atomic E-state index is -0.702. The average molecular weight is 417 g/mol. The molecule has 5 heteroatoms. The Morgan fingerprint density at radius 1 is 0.774 bits per heavy atom. The third-order valence-electron chi connectivity index (χ3n) is 5.07. The van der Waals surface area contributed by atoms with Gasteiger partial charge in [0.05, 0.1) is 0 Å². The molecule has 1 atom stereocenters. The number of rotatable bonds is 10. The van der Waals surface area contributed by atoms with Crippen LogP contribution in [0.4, 0.5) is 0 Å². The second-order valence-corrected chi connectivity index (χ2v) is 7.50. The molecule has 0 fully saturated rings. The summed E-state index contributed by atoms with van der Waals surface area (Å²) in [5.74, 6) is -0.336. The molecule has 3 aromatic carbocycles. The van der Waals surface area contributed by atoms with Gasteiger partial charge in [-0.15, -0.1) is 0 Å². The fraction of sp³-hybridized carbons (Fsp3) is 0.231. The molecule has 0 aliphatic carbocycles. The molecule has 0 heterocycles. The first kappa shape index (κ1) is 22.1. The highest BCUT2D eigenvalue weighted by Gasteiger charge is 2.21. The number of phenols is 1. The number of carbonyl (C=O) groups is 2. The van der Waals surface area contributed by atoms with Gasteiger partial charge in [0.25, 0.3) is 5.91 Å². The number of aryl methyl sites for hydroxylation is 1. The van der Waals surface area contributed by atoms with E-state index in [1.165, 1.54) is 5.56 Å². The van der Waals surface area contributed by atoms with Crippen LogP contribution in [-0.2, 0) is 17.6 Å². The number of aromatic hydroxyl groups is 1. The number of benzene rings is 3. The summed E-state index contributed by atoms with van der Waals surface area (Å²) < 4.78 is 0. The molecule has 0 saturated heterocycles. The number of unbranched alkanes of at least 4 members (excludes halogenated alkanes) is 1. The summed E-state index contributed by atoms with van der Waals surface area (Å²) >= 11 is 0. The number of amides is 2. The zero-order chi connectivity index (χ0) is 21.9. The molecular formula is C26H28N2O3. The largest absolute Gasteiger partial charge is 0.508 e. The van der Waals surface area contributed by atoms with Gasteiger partial charge in [-0.2, -0.15) is 0 Å². The van der Waals surface area contributed by atoms with Crippen molar-refractivity contribution in [3.8, 4) is 5.75 Å². The summed E-state index contributed by atoms with van der Waals surface area (Å²) in [5, 5.41) is 15.3. The van der Waals surface area contributed by atoms with Crippen molar-refractivity contribution < 1.29 is 14.7 Å². The van der Waals surface area contributed by atoms with Crippen LogP contribution in [0.2, 0.25) is 0 Å². The van der Waals surface area contributed by atoms with Gasteiger partial charge in [0.15, 0.2) is 0 Å². The first-order valence-corrected chi connectivity index (χ1v) is 10.6. The highest BCUT2D eigenvalue weighted by Crippen LogP contribution is 2.12. The Hall–Kier alpha value is -3.60. The summed E-state index contributed by atoms with van der Waals surface area (Å²) in [6.45, 7) is 0.555. The van der Waals surface area contributed by atoms with Crippen molar-refractivity contribution in [2.75, 3.05) is 6.54 Å². The molecule has 160 valence electrons. The lowest BCUT2D eigenvalue weighted by Gasteiger charge is -2.19. The monoisotopic (exact) mass is 416 g/mol. The maximum Gasteiger partial charge on any atom is 0.251 e. The molecule has 3 rings (SSSR count). The number of hydrogen-bond donors (Lipinski definition) is 3. The van der Waals surface area contributed by atoms with E-state index in [0.29, 0.717) is 18.5 Å². The first-order chi connectivity index (χ1) is 15.1. The number of nitrogens with one attached hydrogen (secondary N) is 2. The molecule has 3 N–H and O–H groups in total. The minimum absolute atomic E-state index is 0.163. The smallest absolute Gasteiger partial charge is 0.251 e. The quantitative estimate of drug-likeness (QED) is 0.439. The van der Waals surface area contributed by atoms with Gasteiger partial charge in [-0.3, -0.25) is 9.59 Å². The van der Waals surface area contributed by atoms with Gasteiger partial charge in [0.1, 0.15) is 11.8 Å². The van der Waals surface area contributed by atoms with Crippen molar-refractivity contribution in [3.05, 3.63) is 102 Å². The Morgan fingerprint density at radius 2 is 1.42 bits per heavy atom. The molecule has 5 nitrogen and oxygen atoms in total. The highest BCUT2D eigenvalue weighted by molar-refractivity contribution is 5.97. The second kappa shape index (κ2) is 11.6. The molecule has 0 saturated carbocycles. The van der Waals surface area contributed by atoms with Crippen LogP contribution < -0.4 is 10.6 Å². The third kappa shape index (κ3) is 7.30. The van der Waals surface area contributed by atoms with Crippen molar-refractivity contribution >= 4 is 11.8 Å². The SMILES string of the molecule is O=C(NC(Cc1ccc(O)cc1)C(=O)NCCCCc1ccccc1)c1ccccc1. The molecule has 0 aromatic heterocycles. The van der Waals surface area contributed by atoms with Crippen molar-refractivity contribution in [1.29, 1.82) is 0 Å². The van der Waals surface area contributed by atoms with Crippen LogP contribution in [0.5, 0.6) is 5.75 Å². The minimum Gasteiger partial charge on any atom is -0.508 e. The topological polar surface area (TPSA) is 78.4 Å². The van der Waals surface area contributed by atoms with E-state index in [1.54, 1.807) is 48.5 Å². The molecule has 0 aliphatic heterocycles. The predicted octanol–water partition coefficient (Wildman–Crippen LogP) is 3.87. The fourth-order valence-corrected chi connectivity index (χ4v) is 3.34. The lowest BCUT2D eigenvalue weighted by Crippen LogP contribution is -2.48. The van der Waals surface area contributed by atoms with E-state index >= 15 is 0 Å². The van der Waals surface area contributed by atoms with Gasteiger partial charge >= 0.3 is 0 Å². The summed E-state index contributed by atoms with van der Waals surface area (Å²) in [6.07, 6.45) is 3.15. The van der Waals surface area contributed by atoms with E-state index in [2.05, 4.69) is 22.8 Å². The molecule has 0 radical (unpaired) electrons. The van der Waals surface area contributed by atoms with E-state index in [9.17, 15) is 14.7 Å². The van der Waals surface area contributed by atoms with Crippen molar-refractivity contribution in [1.82, 2.24) is 10.6 Å². The van der Waals surface area contributed by atoms with Crippen LogP contribution in [0.25, 0.3) is 0 Å². The van der Waals surface area contributed by atoms with Gasteiger partial charge in [-0.05, 0) is 54.7 Å². The van der Waals surface area contributed by atoms with Gasteiger partial charge in [0, 0.05) is 18.5 Å². The molecule has 2 amide bonds. The molecule has 0 bridgehead atoms. The van der Waals surface area contributed by atoms with E-state index in [1.807, 2.05) is 24.3 Å². The maximum atomic E-state index is 12.8. The zero-order valence-corrected chi connectivity index (χ0v) is 17.5. The Morgan fingerprint density at radius 3 is 2.10 bits per heavy atom. The van der Waals surface area contributed by atoms with Crippen LogP contribution in [0.3, 0.4) is 0 Å². The van der Waals surface area contributed by atoms with Crippen LogP contribution >= 0.6 is 0 Å². The van der Waals surface area contributed by atoms with Crippen molar-refractivity contribution in [3.63, 3.8) is 0 Å².